The first-order valence-electron chi connectivity index (χ1n) is 6.09. The fourth-order valence-corrected chi connectivity index (χ4v) is 1.51. The second-order valence-electron chi connectivity index (χ2n) is 4.56. The Labute approximate surface area is 104 Å². The second-order valence-corrected chi connectivity index (χ2v) is 4.56. The number of nitrogens with one attached hydrogen (secondary N) is 1. The van der Waals surface area contributed by atoms with Gasteiger partial charge in [-0.3, -0.25) is 0 Å². The van der Waals surface area contributed by atoms with Crippen molar-refractivity contribution in [3.05, 3.63) is 29.8 Å². The first-order valence-corrected chi connectivity index (χ1v) is 6.09. The van der Waals surface area contributed by atoms with E-state index in [2.05, 4.69) is 31.3 Å². The zero-order valence-electron chi connectivity index (χ0n) is 11.2. The summed E-state index contributed by atoms with van der Waals surface area (Å²) < 4.78 is 10.7. The lowest BCUT2D eigenvalue weighted by Gasteiger charge is -2.14. The Balaban J connectivity index is 2.44. The smallest absolute Gasteiger partial charge is 0.119 e. The lowest BCUT2D eigenvalue weighted by atomic mass is 10.2. The average molecular weight is 237 g/mol. The predicted octanol–water partition coefficient (Wildman–Crippen LogP) is 2.60. The Morgan fingerprint density at radius 1 is 1.12 bits per heavy atom. The average Bonchev–Trinajstić information content (AvgIpc) is 2.28. The van der Waals surface area contributed by atoms with Crippen LogP contribution in [0.5, 0.6) is 5.75 Å². The van der Waals surface area contributed by atoms with Crippen LogP contribution in [-0.2, 0) is 11.3 Å². The molecule has 0 radical (unpaired) electrons. The molecule has 1 N–H and O–H groups in total. The summed E-state index contributed by atoms with van der Waals surface area (Å²) in [5.74, 6) is 0.892. The van der Waals surface area contributed by atoms with Gasteiger partial charge in [-0.1, -0.05) is 26.0 Å². The van der Waals surface area contributed by atoms with E-state index in [0.29, 0.717) is 12.6 Å². The molecule has 0 aromatic heterocycles. The molecule has 0 fully saturated rings. The van der Waals surface area contributed by atoms with Gasteiger partial charge in [-0.2, -0.15) is 0 Å². The van der Waals surface area contributed by atoms with Crippen molar-refractivity contribution in [3.8, 4) is 5.75 Å². The van der Waals surface area contributed by atoms with Gasteiger partial charge in [0.2, 0.25) is 0 Å². The largest absolute Gasteiger partial charge is 0.488 e. The van der Waals surface area contributed by atoms with Crippen LogP contribution in [0.4, 0.5) is 0 Å². The van der Waals surface area contributed by atoms with Crippen molar-refractivity contribution < 1.29 is 9.47 Å². The van der Waals surface area contributed by atoms with Gasteiger partial charge in [0.05, 0.1) is 6.61 Å². The van der Waals surface area contributed by atoms with Gasteiger partial charge >= 0.3 is 0 Å². The van der Waals surface area contributed by atoms with Crippen molar-refractivity contribution in [1.82, 2.24) is 5.32 Å². The fourth-order valence-electron chi connectivity index (χ4n) is 1.51. The molecule has 0 aliphatic carbocycles. The Bertz CT molecular complexity index is 309. The molecule has 17 heavy (non-hydrogen) atoms. The van der Waals surface area contributed by atoms with Crippen molar-refractivity contribution in [1.29, 1.82) is 0 Å². The van der Waals surface area contributed by atoms with Gasteiger partial charge in [-0.05, 0) is 24.6 Å². The highest BCUT2D eigenvalue weighted by atomic mass is 16.5. The Kier molecular flexibility index (Phi) is 6.01. The van der Waals surface area contributed by atoms with Crippen LogP contribution in [0.1, 0.15) is 26.3 Å². The first kappa shape index (κ1) is 14.0. The van der Waals surface area contributed by atoms with Gasteiger partial charge < -0.3 is 14.8 Å². The fraction of sp³-hybridized carbons (Fsp3) is 0.571. The van der Waals surface area contributed by atoms with Crippen molar-refractivity contribution in [2.75, 3.05) is 13.7 Å². The van der Waals surface area contributed by atoms with E-state index >= 15 is 0 Å². The van der Waals surface area contributed by atoms with Crippen LogP contribution in [0.3, 0.4) is 0 Å². The summed E-state index contributed by atoms with van der Waals surface area (Å²) in [6, 6.07) is 8.69. The lowest BCUT2D eigenvalue weighted by Crippen LogP contribution is -2.21. The predicted molar refractivity (Wildman–Crippen MR) is 70.4 cm³/mol. The van der Waals surface area contributed by atoms with Crippen LogP contribution >= 0.6 is 0 Å². The van der Waals surface area contributed by atoms with Gasteiger partial charge in [0.25, 0.3) is 0 Å². The molecule has 0 heterocycles. The molecule has 0 saturated heterocycles. The van der Waals surface area contributed by atoms with E-state index in [1.807, 2.05) is 19.1 Å². The Morgan fingerprint density at radius 2 is 1.76 bits per heavy atom. The molecule has 1 aromatic rings. The van der Waals surface area contributed by atoms with Crippen LogP contribution in [0.25, 0.3) is 0 Å². The quantitative estimate of drug-likeness (QED) is 0.790. The molecule has 0 amide bonds. The van der Waals surface area contributed by atoms with E-state index in [-0.39, 0.29) is 6.10 Å². The summed E-state index contributed by atoms with van der Waals surface area (Å²) in [6.45, 7) is 7.79. The minimum absolute atomic E-state index is 0.0830. The maximum Gasteiger partial charge on any atom is 0.119 e. The zero-order chi connectivity index (χ0) is 12.7. The van der Waals surface area contributed by atoms with E-state index in [9.17, 15) is 0 Å². The molecule has 0 spiro atoms. The van der Waals surface area contributed by atoms with Gasteiger partial charge in [0.1, 0.15) is 11.9 Å². The molecular formula is C14H23NO2. The van der Waals surface area contributed by atoms with Gasteiger partial charge in [-0.15, -0.1) is 0 Å². The molecule has 0 aliphatic rings. The minimum atomic E-state index is 0.0830. The Hall–Kier alpha value is -1.06. The molecule has 3 heteroatoms. The summed E-state index contributed by atoms with van der Waals surface area (Å²) in [4.78, 5) is 0. The van der Waals surface area contributed by atoms with Crippen LogP contribution < -0.4 is 10.1 Å². The van der Waals surface area contributed by atoms with Crippen molar-refractivity contribution >= 4 is 0 Å². The number of methoxy groups -OCH3 is 1. The summed E-state index contributed by atoms with van der Waals surface area (Å²) >= 11 is 0. The van der Waals surface area contributed by atoms with E-state index in [1.165, 1.54) is 5.56 Å². The van der Waals surface area contributed by atoms with Crippen LogP contribution in [0, 0.1) is 0 Å². The number of hydrogen-bond donors (Lipinski definition) is 1. The normalized spacial score (nSPS) is 12.8. The van der Waals surface area contributed by atoms with E-state index in [4.69, 9.17) is 9.47 Å². The molecule has 3 nitrogen and oxygen atoms in total. The second kappa shape index (κ2) is 7.30. The summed E-state index contributed by atoms with van der Waals surface area (Å²) in [6.07, 6.45) is 0.0830. The van der Waals surface area contributed by atoms with E-state index in [1.54, 1.807) is 7.11 Å². The van der Waals surface area contributed by atoms with Crippen LogP contribution in [-0.4, -0.2) is 25.9 Å². The minimum Gasteiger partial charge on any atom is -0.488 e. The molecule has 0 bridgehead atoms. The highest BCUT2D eigenvalue weighted by Gasteiger charge is 2.03. The maximum atomic E-state index is 5.69. The van der Waals surface area contributed by atoms with E-state index < -0.39 is 0 Å². The topological polar surface area (TPSA) is 30.5 Å². The number of rotatable bonds is 7. The third-order valence-corrected chi connectivity index (χ3v) is 2.38. The Morgan fingerprint density at radius 3 is 2.29 bits per heavy atom. The first-order chi connectivity index (χ1) is 8.11. The van der Waals surface area contributed by atoms with Crippen molar-refractivity contribution in [2.24, 2.45) is 0 Å². The lowest BCUT2D eigenvalue weighted by molar-refractivity contribution is 0.0921. The summed E-state index contributed by atoms with van der Waals surface area (Å²) in [5, 5.41) is 3.38. The van der Waals surface area contributed by atoms with Crippen LogP contribution in [0.2, 0.25) is 0 Å². The highest BCUT2D eigenvalue weighted by Crippen LogP contribution is 2.14. The van der Waals surface area contributed by atoms with Gasteiger partial charge in [0, 0.05) is 19.7 Å². The summed E-state index contributed by atoms with van der Waals surface area (Å²) in [7, 11) is 1.68. The molecule has 1 unspecified atom stereocenters. The SMILES string of the molecule is COCC(C)Oc1ccc(CNC(C)C)cc1. The summed E-state index contributed by atoms with van der Waals surface area (Å²) in [5.41, 5.74) is 1.27. The molecule has 1 rings (SSSR count). The van der Waals surface area contributed by atoms with Crippen molar-refractivity contribution in [2.45, 2.75) is 39.5 Å². The maximum absolute atomic E-state index is 5.69. The third kappa shape index (κ3) is 5.71. The molecule has 96 valence electrons. The third-order valence-electron chi connectivity index (χ3n) is 2.38. The molecule has 0 aliphatic heterocycles. The van der Waals surface area contributed by atoms with E-state index in [0.717, 1.165) is 12.3 Å². The highest BCUT2D eigenvalue weighted by molar-refractivity contribution is 5.27. The number of benzene rings is 1. The number of ether oxygens (including phenoxy) is 2. The van der Waals surface area contributed by atoms with Crippen molar-refractivity contribution in [3.63, 3.8) is 0 Å². The molecule has 0 saturated carbocycles. The van der Waals surface area contributed by atoms with Crippen LogP contribution in [0.15, 0.2) is 24.3 Å². The van der Waals surface area contributed by atoms with Gasteiger partial charge in [-0.25, -0.2) is 0 Å². The molecule has 1 aromatic carbocycles. The zero-order valence-corrected chi connectivity index (χ0v) is 11.2. The molecule has 1 atom stereocenters. The van der Waals surface area contributed by atoms with Gasteiger partial charge in [0.15, 0.2) is 0 Å². The molecular weight excluding hydrogens is 214 g/mol. The number of hydrogen-bond acceptors (Lipinski definition) is 3. The monoisotopic (exact) mass is 237 g/mol. The standard InChI is InChI=1S/C14H23NO2/c1-11(2)15-9-13-5-7-14(8-6-13)17-12(3)10-16-4/h5-8,11-12,15H,9-10H2,1-4H3.